The second kappa shape index (κ2) is 5.23. The molecule has 0 bridgehead atoms. The van der Waals surface area contributed by atoms with E-state index in [2.05, 4.69) is 89.7 Å². The summed E-state index contributed by atoms with van der Waals surface area (Å²) in [7, 11) is 2.14. The van der Waals surface area contributed by atoms with E-state index in [0.717, 1.165) is 6.54 Å². The van der Waals surface area contributed by atoms with Crippen LogP contribution in [0.1, 0.15) is 5.56 Å². The monoisotopic (exact) mass is 286 g/mol. The van der Waals surface area contributed by atoms with Gasteiger partial charge in [-0.1, -0.05) is 54.6 Å². The lowest BCUT2D eigenvalue weighted by molar-refractivity contribution is 0.928. The summed E-state index contributed by atoms with van der Waals surface area (Å²) in [5, 5.41) is 2.59. The van der Waals surface area contributed by atoms with Gasteiger partial charge in [0.1, 0.15) is 0 Å². The van der Waals surface area contributed by atoms with E-state index in [4.69, 9.17) is 0 Å². The van der Waals surface area contributed by atoms with Gasteiger partial charge in [-0.15, -0.1) is 0 Å². The maximum atomic E-state index is 3.58. The molecule has 4 aromatic rings. The lowest BCUT2D eigenvalue weighted by atomic mass is 10.1. The number of nitrogens with one attached hydrogen (secondary N) is 1. The molecule has 1 N–H and O–H groups in total. The third-order valence-electron chi connectivity index (χ3n) is 4.23. The highest BCUT2D eigenvalue weighted by Crippen LogP contribution is 2.28. The zero-order valence-corrected chi connectivity index (χ0v) is 12.6. The van der Waals surface area contributed by atoms with Crippen molar-refractivity contribution in [1.82, 2.24) is 4.98 Å². The summed E-state index contributed by atoms with van der Waals surface area (Å²) < 4.78 is 0. The zero-order chi connectivity index (χ0) is 14.9. The zero-order valence-electron chi connectivity index (χ0n) is 12.6. The molecule has 0 aliphatic heterocycles. The first kappa shape index (κ1) is 13.0. The van der Waals surface area contributed by atoms with E-state index in [1.807, 2.05) is 0 Å². The minimum atomic E-state index is 0.883. The van der Waals surface area contributed by atoms with Crippen LogP contribution in [0.3, 0.4) is 0 Å². The van der Waals surface area contributed by atoms with Crippen molar-refractivity contribution in [1.29, 1.82) is 0 Å². The van der Waals surface area contributed by atoms with E-state index in [1.165, 1.54) is 33.1 Å². The lowest BCUT2D eigenvalue weighted by Gasteiger charge is -2.19. The molecule has 0 aliphatic carbocycles. The molecule has 0 spiro atoms. The number of aromatic amines is 1. The fourth-order valence-corrected chi connectivity index (χ4v) is 3.09. The Balaban J connectivity index is 1.79. The molecule has 0 aliphatic rings. The fourth-order valence-electron chi connectivity index (χ4n) is 3.09. The normalized spacial score (nSPS) is 11.1. The number of H-pyrrole nitrogens is 1. The topological polar surface area (TPSA) is 19.0 Å². The van der Waals surface area contributed by atoms with Crippen LogP contribution in [0, 0.1) is 0 Å². The molecule has 1 heterocycles. The van der Waals surface area contributed by atoms with Crippen LogP contribution in [0.25, 0.3) is 21.8 Å². The van der Waals surface area contributed by atoms with Crippen molar-refractivity contribution < 1.29 is 0 Å². The van der Waals surface area contributed by atoms with Gasteiger partial charge in [0, 0.05) is 35.6 Å². The molecule has 0 saturated carbocycles. The predicted molar refractivity (Wildman–Crippen MR) is 94.4 cm³/mol. The highest BCUT2D eigenvalue weighted by Gasteiger charge is 2.09. The van der Waals surface area contributed by atoms with E-state index >= 15 is 0 Å². The van der Waals surface area contributed by atoms with Crippen molar-refractivity contribution in [2.45, 2.75) is 6.54 Å². The molecule has 0 saturated heterocycles. The summed E-state index contributed by atoms with van der Waals surface area (Å²) >= 11 is 0. The molecule has 22 heavy (non-hydrogen) atoms. The van der Waals surface area contributed by atoms with Crippen molar-refractivity contribution in [2.24, 2.45) is 0 Å². The third-order valence-corrected chi connectivity index (χ3v) is 4.23. The number of hydrogen-bond acceptors (Lipinski definition) is 1. The van der Waals surface area contributed by atoms with E-state index in [9.17, 15) is 0 Å². The second-order valence-electron chi connectivity index (χ2n) is 5.70. The van der Waals surface area contributed by atoms with Gasteiger partial charge < -0.3 is 9.88 Å². The number of fused-ring (bicyclic) bond motifs is 3. The average molecular weight is 286 g/mol. The van der Waals surface area contributed by atoms with Crippen molar-refractivity contribution in [2.75, 3.05) is 11.9 Å². The Labute approximate surface area is 130 Å². The molecule has 108 valence electrons. The van der Waals surface area contributed by atoms with E-state index < -0.39 is 0 Å². The van der Waals surface area contributed by atoms with Crippen LogP contribution in [0.15, 0.2) is 72.8 Å². The second-order valence-corrected chi connectivity index (χ2v) is 5.70. The largest absolute Gasteiger partial charge is 0.370 e. The quantitative estimate of drug-likeness (QED) is 0.564. The molecule has 4 rings (SSSR count). The minimum absolute atomic E-state index is 0.883. The van der Waals surface area contributed by atoms with Gasteiger partial charge in [0.2, 0.25) is 0 Å². The van der Waals surface area contributed by atoms with Gasteiger partial charge in [0.05, 0.1) is 5.52 Å². The third kappa shape index (κ3) is 2.13. The van der Waals surface area contributed by atoms with Crippen molar-refractivity contribution in [3.63, 3.8) is 0 Å². The SMILES string of the molecule is CN(Cc1cccc2c1[nH]c1ccccc12)c1ccccc1. The highest BCUT2D eigenvalue weighted by molar-refractivity contribution is 6.08. The number of rotatable bonds is 3. The molecule has 3 aromatic carbocycles. The van der Waals surface area contributed by atoms with Crippen LogP contribution in [0.2, 0.25) is 0 Å². The number of anilines is 1. The van der Waals surface area contributed by atoms with Crippen LogP contribution in [-0.2, 0) is 6.54 Å². The predicted octanol–water partition coefficient (Wildman–Crippen LogP) is 4.96. The molecule has 0 fully saturated rings. The molecular formula is C20H18N2. The fraction of sp³-hybridized carbons (Fsp3) is 0.100. The lowest BCUT2D eigenvalue weighted by Crippen LogP contribution is -2.16. The van der Waals surface area contributed by atoms with E-state index in [0.29, 0.717) is 0 Å². The maximum absolute atomic E-state index is 3.58. The highest BCUT2D eigenvalue weighted by atomic mass is 15.1. The Kier molecular flexibility index (Phi) is 3.08. The van der Waals surface area contributed by atoms with Crippen LogP contribution in [0.5, 0.6) is 0 Å². The Morgan fingerprint density at radius 1 is 0.773 bits per heavy atom. The molecule has 2 heteroatoms. The number of hydrogen-bond donors (Lipinski definition) is 1. The van der Waals surface area contributed by atoms with Crippen LogP contribution in [0.4, 0.5) is 5.69 Å². The first-order chi connectivity index (χ1) is 10.8. The summed E-state index contributed by atoms with van der Waals surface area (Å²) in [6.45, 7) is 0.883. The smallest absolute Gasteiger partial charge is 0.0515 e. The first-order valence-electron chi connectivity index (χ1n) is 7.57. The van der Waals surface area contributed by atoms with Gasteiger partial charge in [-0.05, 0) is 23.8 Å². The summed E-state index contributed by atoms with van der Waals surface area (Å²) in [5.41, 5.74) is 4.99. The average Bonchev–Trinajstić information content (AvgIpc) is 2.95. The number of para-hydroxylation sites is 3. The molecule has 0 unspecified atom stereocenters. The summed E-state index contributed by atoms with van der Waals surface area (Å²) in [5.74, 6) is 0. The molecular weight excluding hydrogens is 268 g/mol. The van der Waals surface area contributed by atoms with Gasteiger partial charge in [-0.3, -0.25) is 0 Å². The minimum Gasteiger partial charge on any atom is -0.370 e. The summed E-state index contributed by atoms with van der Waals surface area (Å²) in [6, 6.07) is 25.5. The van der Waals surface area contributed by atoms with Crippen LogP contribution >= 0.6 is 0 Å². The first-order valence-corrected chi connectivity index (χ1v) is 7.57. The molecule has 1 aromatic heterocycles. The van der Waals surface area contributed by atoms with E-state index in [1.54, 1.807) is 0 Å². The Morgan fingerprint density at radius 3 is 2.36 bits per heavy atom. The van der Waals surface area contributed by atoms with Gasteiger partial charge >= 0.3 is 0 Å². The molecule has 0 radical (unpaired) electrons. The molecule has 0 atom stereocenters. The Morgan fingerprint density at radius 2 is 1.50 bits per heavy atom. The van der Waals surface area contributed by atoms with Gasteiger partial charge in [-0.2, -0.15) is 0 Å². The van der Waals surface area contributed by atoms with Crippen LogP contribution < -0.4 is 4.90 Å². The summed E-state index contributed by atoms with van der Waals surface area (Å²) in [4.78, 5) is 5.85. The van der Waals surface area contributed by atoms with Crippen molar-refractivity contribution in [3.05, 3.63) is 78.4 Å². The van der Waals surface area contributed by atoms with E-state index in [-0.39, 0.29) is 0 Å². The van der Waals surface area contributed by atoms with Crippen LogP contribution in [-0.4, -0.2) is 12.0 Å². The molecule has 2 nitrogen and oxygen atoms in total. The Hall–Kier alpha value is -2.74. The number of aromatic nitrogens is 1. The Bertz CT molecular complexity index is 922. The maximum Gasteiger partial charge on any atom is 0.0515 e. The summed E-state index contributed by atoms with van der Waals surface area (Å²) in [6.07, 6.45) is 0. The molecule has 0 amide bonds. The number of nitrogens with zero attached hydrogens (tertiary/aromatic N) is 1. The van der Waals surface area contributed by atoms with Gasteiger partial charge in [0.25, 0.3) is 0 Å². The van der Waals surface area contributed by atoms with Crippen molar-refractivity contribution >= 4 is 27.5 Å². The van der Waals surface area contributed by atoms with Gasteiger partial charge in [0.15, 0.2) is 0 Å². The standard InChI is InChI=1S/C20H18N2/c1-22(16-9-3-2-4-10-16)14-15-8-7-12-18-17-11-5-6-13-19(17)21-20(15)18/h2-13,21H,14H2,1H3. The number of benzene rings is 3. The van der Waals surface area contributed by atoms with Crippen molar-refractivity contribution in [3.8, 4) is 0 Å². The van der Waals surface area contributed by atoms with Gasteiger partial charge in [-0.25, -0.2) is 0 Å².